The van der Waals surface area contributed by atoms with Gasteiger partial charge in [0.25, 0.3) is 0 Å². The minimum Gasteiger partial charge on any atom is -0.481 e. The van der Waals surface area contributed by atoms with E-state index in [9.17, 15) is 9.59 Å². The third-order valence-corrected chi connectivity index (χ3v) is 2.27. The molecule has 0 spiro atoms. The summed E-state index contributed by atoms with van der Waals surface area (Å²) in [6.07, 6.45) is -0.518. The van der Waals surface area contributed by atoms with Crippen LogP contribution in [0.2, 0.25) is 0 Å². The first-order valence-corrected chi connectivity index (χ1v) is 5.06. The standard InChI is InChI=1S/C10H10BrNO3/c1-6-4-7(11)2-3-8(6)12-9(13)5-10(14)15/h2-4H,5H2,1H3,(H,12,13)(H,14,15). The second kappa shape index (κ2) is 4.93. The van der Waals surface area contributed by atoms with Crippen molar-refractivity contribution in [2.45, 2.75) is 13.3 Å². The third-order valence-electron chi connectivity index (χ3n) is 1.77. The lowest BCUT2D eigenvalue weighted by Crippen LogP contribution is -2.16. The van der Waals surface area contributed by atoms with Crippen molar-refractivity contribution in [1.82, 2.24) is 0 Å². The average molecular weight is 272 g/mol. The highest BCUT2D eigenvalue weighted by molar-refractivity contribution is 9.10. The Bertz CT molecular complexity index is 404. The van der Waals surface area contributed by atoms with E-state index in [-0.39, 0.29) is 0 Å². The number of amides is 1. The molecule has 0 unspecified atom stereocenters. The zero-order valence-electron chi connectivity index (χ0n) is 8.08. The van der Waals surface area contributed by atoms with E-state index in [4.69, 9.17) is 5.11 Å². The van der Waals surface area contributed by atoms with Gasteiger partial charge in [0, 0.05) is 10.2 Å². The van der Waals surface area contributed by atoms with E-state index < -0.39 is 18.3 Å². The summed E-state index contributed by atoms with van der Waals surface area (Å²) < 4.78 is 0.913. The molecule has 0 radical (unpaired) electrons. The summed E-state index contributed by atoms with van der Waals surface area (Å²) >= 11 is 3.30. The van der Waals surface area contributed by atoms with Crippen LogP contribution in [0.1, 0.15) is 12.0 Å². The van der Waals surface area contributed by atoms with Gasteiger partial charge in [0.1, 0.15) is 6.42 Å². The largest absolute Gasteiger partial charge is 0.481 e. The van der Waals surface area contributed by atoms with E-state index in [1.807, 2.05) is 13.0 Å². The van der Waals surface area contributed by atoms with E-state index >= 15 is 0 Å². The molecule has 0 aliphatic carbocycles. The first-order chi connectivity index (χ1) is 6.99. The van der Waals surface area contributed by atoms with Crippen molar-refractivity contribution >= 4 is 33.5 Å². The molecule has 0 aliphatic heterocycles. The molecule has 1 amide bonds. The van der Waals surface area contributed by atoms with Gasteiger partial charge < -0.3 is 10.4 Å². The van der Waals surface area contributed by atoms with Gasteiger partial charge in [-0.1, -0.05) is 15.9 Å². The first kappa shape index (κ1) is 11.7. The molecule has 0 fully saturated rings. The van der Waals surface area contributed by atoms with E-state index in [1.54, 1.807) is 12.1 Å². The summed E-state index contributed by atoms with van der Waals surface area (Å²) in [4.78, 5) is 21.4. The summed E-state index contributed by atoms with van der Waals surface area (Å²) in [5, 5.41) is 10.9. The maximum absolute atomic E-state index is 11.2. The van der Waals surface area contributed by atoms with Gasteiger partial charge in [-0.3, -0.25) is 9.59 Å². The van der Waals surface area contributed by atoms with Crippen LogP contribution in [0.3, 0.4) is 0 Å². The number of carboxylic acid groups (broad SMARTS) is 1. The number of hydrogen-bond acceptors (Lipinski definition) is 2. The Labute approximate surface area is 95.4 Å². The Hall–Kier alpha value is -1.36. The second-order valence-electron chi connectivity index (χ2n) is 3.08. The molecule has 0 aliphatic rings. The maximum atomic E-state index is 11.2. The fourth-order valence-electron chi connectivity index (χ4n) is 1.10. The molecule has 15 heavy (non-hydrogen) atoms. The van der Waals surface area contributed by atoms with Crippen molar-refractivity contribution in [3.05, 3.63) is 28.2 Å². The lowest BCUT2D eigenvalue weighted by Gasteiger charge is -2.07. The van der Waals surface area contributed by atoms with Gasteiger partial charge >= 0.3 is 5.97 Å². The second-order valence-corrected chi connectivity index (χ2v) is 3.99. The van der Waals surface area contributed by atoms with Gasteiger partial charge in [0.15, 0.2) is 0 Å². The predicted octanol–water partition coefficient (Wildman–Crippen LogP) is 2.17. The van der Waals surface area contributed by atoms with Crippen LogP contribution < -0.4 is 5.32 Å². The number of benzene rings is 1. The molecule has 0 saturated heterocycles. The Morgan fingerprint density at radius 2 is 2.13 bits per heavy atom. The molecule has 4 nitrogen and oxygen atoms in total. The Kier molecular flexibility index (Phi) is 3.85. The molecule has 0 aromatic heterocycles. The Morgan fingerprint density at radius 3 is 2.67 bits per heavy atom. The van der Waals surface area contributed by atoms with Crippen LogP contribution in [0.15, 0.2) is 22.7 Å². The first-order valence-electron chi connectivity index (χ1n) is 4.27. The van der Waals surface area contributed by atoms with Crippen LogP contribution in [-0.2, 0) is 9.59 Å². The lowest BCUT2D eigenvalue weighted by atomic mass is 10.2. The summed E-state index contributed by atoms with van der Waals surface area (Å²) in [5.41, 5.74) is 1.51. The molecule has 0 heterocycles. The third kappa shape index (κ3) is 3.71. The smallest absolute Gasteiger partial charge is 0.312 e. The summed E-state index contributed by atoms with van der Waals surface area (Å²) in [6.45, 7) is 1.83. The zero-order valence-corrected chi connectivity index (χ0v) is 9.67. The highest BCUT2D eigenvalue weighted by Crippen LogP contribution is 2.19. The summed E-state index contributed by atoms with van der Waals surface area (Å²) in [6, 6.07) is 5.35. The van der Waals surface area contributed by atoms with E-state index in [2.05, 4.69) is 21.2 Å². The topological polar surface area (TPSA) is 66.4 Å². The molecule has 2 N–H and O–H groups in total. The van der Waals surface area contributed by atoms with Crippen LogP contribution in [0.4, 0.5) is 5.69 Å². The summed E-state index contributed by atoms with van der Waals surface area (Å²) in [7, 11) is 0. The molecule has 1 aromatic rings. The quantitative estimate of drug-likeness (QED) is 0.829. The van der Waals surface area contributed by atoms with Crippen LogP contribution >= 0.6 is 15.9 Å². The van der Waals surface area contributed by atoms with Crippen LogP contribution in [0, 0.1) is 6.92 Å². The van der Waals surface area contributed by atoms with Gasteiger partial charge in [-0.05, 0) is 30.7 Å². The minimum atomic E-state index is -1.14. The fraction of sp³-hybridized carbons (Fsp3) is 0.200. The number of halogens is 1. The molecular formula is C10H10BrNO3. The van der Waals surface area contributed by atoms with Gasteiger partial charge in [-0.2, -0.15) is 0 Å². The highest BCUT2D eigenvalue weighted by Gasteiger charge is 2.08. The van der Waals surface area contributed by atoms with E-state index in [0.29, 0.717) is 5.69 Å². The number of carboxylic acids is 1. The molecule has 0 bridgehead atoms. The van der Waals surface area contributed by atoms with Crippen molar-refractivity contribution in [2.24, 2.45) is 0 Å². The van der Waals surface area contributed by atoms with Crippen molar-refractivity contribution in [1.29, 1.82) is 0 Å². The van der Waals surface area contributed by atoms with E-state index in [0.717, 1.165) is 10.0 Å². The van der Waals surface area contributed by atoms with Gasteiger partial charge in [-0.25, -0.2) is 0 Å². The predicted molar refractivity (Wildman–Crippen MR) is 59.8 cm³/mol. The van der Waals surface area contributed by atoms with E-state index in [1.165, 1.54) is 0 Å². The molecule has 0 atom stereocenters. The van der Waals surface area contributed by atoms with Crippen molar-refractivity contribution < 1.29 is 14.7 Å². The Balaban J connectivity index is 2.72. The van der Waals surface area contributed by atoms with Crippen LogP contribution in [-0.4, -0.2) is 17.0 Å². The highest BCUT2D eigenvalue weighted by atomic mass is 79.9. The Morgan fingerprint density at radius 1 is 1.47 bits per heavy atom. The number of hydrogen-bond donors (Lipinski definition) is 2. The van der Waals surface area contributed by atoms with Gasteiger partial charge in [-0.15, -0.1) is 0 Å². The molecule has 5 heteroatoms. The van der Waals surface area contributed by atoms with Gasteiger partial charge in [0.05, 0.1) is 0 Å². The number of aryl methyl sites for hydroxylation is 1. The van der Waals surface area contributed by atoms with Crippen molar-refractivity contribution in [3.8, 4) is 0 Å². The number of anilines is 1. The number of carbonyl (C=O) groups excluding carboxylic acids is 1. The number of nitrogens with one attached hydrogen (secondary N) is 1. The zero-order chi connectivity index (χ0) is 11.4. The monoisotopic (exact) mass is 271 g/mol. The average Bonchev–Trinajstić information content (AvgIpc) is 2.08. The normalized spacial score (nSPS) is 9.73. The minimum absolute atomic E-state index is 0.518. The molecule has 80 valence electrons. The number of aliphatic carboxylic acids is 1. The maximum Gasteiger partial charge on any atom is 0.312 e. The van der Waals surface area contributed by atoms with Crippen molar-refractivity contribution in [2.75, 3.05) is 5.32 Å². The molecule has 1 aromatic carbocycles. The lowest BCUT2D eigenvalue weighted by molar-refractivity contribution is -0.139. The van der Waals surface area contributed by atoms with Crippen LogP contribution in [0.25, 0.3) is 0 Å². The molecule has 0 saturated carbocycles. The van der Waals surface area contributed by atoms with Crippen molar-refractivity contribution in [3.63, 3.8) is 0 Å². The van der Waals surface area contributed by atoms with Gasteiger partial charge in [0.2, 0.25) is 5.91 Å². The summed E-state index contributed by atoms with van der Waals surface area (Å²) in [5.74, 6) is -1.66. The molecular weight excluding hydrogens is 262 g/mol. The van der Waals surface area contributed by atoms with Crippen LogP contribution in [0.5, 0.6) is 0 Å². The molecule has 1 rings (SSSR count). The number of carbonyl (C=O) groups is 2. The SMILES string of the molecule is Cc1cc(Br)ccc1NC(=O)CC(=O)O. The fourth-order valence-corrected chi connectivity index (χ4v) is 1.57. The number of rotatable bonds is 3.